The summed E-state index contributed by atoms with van der Waals surface area (Å²) in [5.74, 6) is 0.169. The molecule has 5 heteroatoms. The van der Waals surface area contributed by atoms with E-state index in [0.717, 1.165) is 18.4 Å². The summed E-state index contributed by atoms with van der Waals surface area (Å²) in [5.41, 5.74) is 0.778. The Balaban J connectivity index is 1.42. The Kier molecular flexibility index (Phi) is 4.99. The van der Waals surface area contributed by atoms with Crippen molar-refractivity contribution in [1.29, 1.82) is 0 Å². The predicted octanol–water partition coefficient (Wildman–Crippen LogP) is 3.79. The van der Waals surface area contributed by atoms with E-state index in [1.165, 1.54) is 31.4 Å². The SMILES string of the molecule is O=C(C1CCCCC1)N1CC(OCc2ccc(F)cc2Cl)C1. The van der Waals surface area contributed by atoms with Gasteiger partial charge in [0.25, 0.3) is 0 Å². The molecule has 0 N–H and O–H groups in total. The highest BCUT2D eigenvalue weighted by Gasteiger charge is 2.35. The molecule has 22 heavy (non-hydrogen) atoms. The largest absolute Gasteiger partial charge is 0.370 e. The molecule has 120 valence electrons. The second kappa shape index (κ2) is 6.97. The molecule has 1 amide bonds. The molecule has 0 radical (unpaired) electrons. The van der Waals surface area contributed by atoms with Crippen LogP contribution in [0, 0.1) is 11.7 Å². The molecule has 0 spiro atoms. The maximum Gasteiger partial charge on any atom is 0.225 e. The van der Waals surface area contributed by atoms with Crippen molar-refractivity contribution >= 4 is 17.5 Å². The molecule has 0 bridgehead atoms. The molecular formula is C17H21ClFNO2. The van der Waals surface area contributed by atoms with Gasteiger partial charge in [0.2, 0.25) is 5.91 Å². The summed E-state index contributed by atoms with van der Waals surface area (Å²) < 4.78 is 18.7. The quantitative estimate of drug-likeness (QED) is 0.843. The Bertz CT molecular complexity index is 539. The summed E-state index contributed by atoms with van der Waals surface area (Å²) in [5, 5.41) is 0.384. The Morgan fingerprint density at radius 2 is 2.00 bits per heavy atom. The molecule has 1 heterocycles. The van der Waals surface area contributed by atoms with E-state index in [1.807, 2.05) is 4.90 Å². The van der Waals surface area contributed by atoms with Crippen LogP contribution in [0.4, 0.5) is 4.39 Å². The molecule has 1 saturated heterocycles. The van der Waals surface area contributed by atoms with Crippen molar-refractivity contribution in [3.05, 3.63) is 34.6 Å². The number of benzene rings is 1. The topological polar surface area (TPSA) is 29.5 Å². The molecule has 0 aromatic heterocycles. The molecule has 1 saturated carbocycles. The van der Waals surface area contributed by atoms with Crippen LogP contribution in [0.3, 0.4) is 0 Å². The van der Waals surface area contributed by atoms with E-state index in [1.54, 1.807) is 6.07 Å². The summed E-state index contributed by atoms with van der Waals surface area (Å²) in [6.45, 7) is 1.68. The second-order valence-electron chi connectivity index (χ2n) is 6.25. The molecule has 2 aliphatic rings. The van der Waals surface area contributed by atoms with Crippen molar-refractivity contribution in [2.75, 3.05) is 13.1 Å². The molecule has 0 atom stereocenters. The zero-order valence-electron chi connectivity index (χ0n) is 12.6. The summed E-state index contributed by atoms with van der Waals surface area (Å²) in [7, 11) is 0. The highest BCUT2D eigenvalue weighted by molar-refractivity contribution is 6.31. The smallest absolute Gasteiger partial charge is 0.225 e. The van der Waals surface area contributed by atoms with E-state index >= 15 is 0 Å². The molecular weight excluding hydrogens is 305 g/mol. The van der Waals surface area contributed by atoms with Gasteiger partial charge in [0.15, 0.2) is 0 Å². The maximum atomic E-state index is 13.0. The monoisotopic (exact) mass is 325 g/mol. The fraction of sp³-hybridized carbons (Fsp3) is 0.588. The fourth-order valence-electron chi connectivity index (χ4n) is 3.18. The zero-order chi connectivity index (χ0) is 15.5. The summed E-state index contributed by atoms with van der Waals surface area (Å²) in [6, 6.07) is 4.31. The Morgan fingerprint density at radius 1 is 1.27 bits per heavy atom. The molecule has 1 aromatic rings. The molecule has 1 aliphatic heterocycles. The van der Waals surface area contributed by atoms with Gasteiger partial charge >= 0.3 is 0 Å². The summed E-state index contributed by atoms with van der Waals surface area (Å²) >= 11 is 5.97. The molecule has 1 aromatic carbocycles. The molecule has 1 aliphatic carbocycles. The molecule has 3 rings (SSSR count). The standard InChI is InChI=1S/C17H21ClFNO2/c18-16-8-14(19)7-6-13(16)11-22-15-9-20(10-15)17(21)12-4-2-1-3-5-12/h6-8,12,15H,1-5,9-11H2. The number of nitrogens with zero attached hydrogens (tertiary/aromatic N) is 1. The zero-order valence-corrected chi connectivity index (χ0v) is 13.3. The minimum atomic E-state index is -0.346. The maximum absolute atomic E-state index is 13.0. The van der Waals surface area contributed by atoms with Gasteiger partial charge in [-0.1, -0.05) is 36.9 Å². The van der Waals surface area contributed by atoms with Gasteiger partial charge in [-0.15, -0.1) is 0 Å². The van der Waals surface area contributed by atoms with Gasteiger partial charge < -0.3 is 9.64 Å². The van der Waals surface area contributed by atoms with Gasteiger partial charge in [-0.05, 0) is 30.5 Å². The van der Waals surface area contributed by atoms with Gasteiger partial charge in [0.1, 0.15) is 5.82 Å². The van der Waals surface area contributed by atoms with Gasteiger partial charge in [0.05, 0.1) is 12.7 Å². The van der Waals surface area contributed by atoms with Crippen molar-refractivity contribution in [3.8, 4) is 0 Å². The normalized spacial score (nSPS) is 20.0. The van der Waals surface area contributed by atoms with Crippen LogP contribution in [-0.2, 0) is 16.1 Å². The van der Waals surface area contributed by atoms with Gasteiger partial charge in [0, 0.05) is 24.0 Å². The number of hydrogen-bond donors (Lipinski definition) is 0. The number of carbonyl (C=O) groups excluding carboxylic acids is 1. The van der Waals surface area contributed by atoms with Crippen LogP contribution < -0.4 is 0 Å². The van der Waals surface area contributed by atoms with E-state index in [4.69, 9.17) is 16.3 Å². The molecule has 2 fully saturated rings. The average Bonchev–Trinajstić information content (AvgIpc) is 2.48. The van der Waals surface area contributed by atoms with Crippen molar-refractivity contribution in [2.24, 2.45) is 5.92 Å². The van der Waals surface area contributed by atoms with E-state index in [9.17, 15) is 9.18 Å². The fourth-order valence-corrected chi connectivity index (χ4v) is 3.40. The van der Waals surface area contributed by atoms with Crippen LogP contribution in [0.2, 0.25) is 5.02 Å². The van der Waals surface area contributed by atoms with E-state index in [2.05, 4.69) is 0 Å². The van der Waals surface area contributed by atoms with Crippen LogP contribution in [0.25, 0.3) is 0 Å². The highest BCUT2D eigenvalue weighted by atomic mass is 35.5. The second-order valence-corrected chi connectivity index (χ2v) is 6.65. The lowest BCUT2D eigenvalue weighted by Gasteiger charge is -2.41. The third-order valence-corrected chi connectivity index (χ3v) is 4.96. The lowest BCUT2D eigenvalue weighted by atomic mass is 9.87. The number of hydrogen-bond acceptors (Lipinski definition) is 2. The lowest BCUT2D eigenvalue weighted by molar-refractivity contribution is -0.151. The third kappa shape index (κ3) is 3.61. The molecule has 0 unspecified atom stereocenters. The van der Waals surface area contributed by atoms with Crippen molar-refractivity contribution in [3.63, 3.8) is 0 Å². The predicted molar refractivity (Wildman–Crippen MR) is 83.1 cm³/mol. The first kappa shape index (κ1) is 15.8. The van der Waals surface area contributed by atoms with Crippen molar-refractivity contribution < 1.29 is 13.9 Å². The molecule has 3 nitrogen and oxygen atoms in total. The van der Waals surface area contributed by atoms with Crippen molar-refractivity contribution in [2.45, 2.75) is 44.8 Å². The number of likely N-dealkylation sites (tertiary alicyclic amines) is 1. The van der Waals surface area contributed by atoms with Gasteiger partial charge in [-0.25, -0.2) is 4.39 Å². The number of carbonyl (C=O) groups is 1. The Morgan fingerprint density at radius 3 is 2.68 bits per heavy atom. The third-order valence-electron chi connectivity index (χ3n) is 4.60. The number of rotatable bonds is 4. The highest BCUT2D eigenvalue weighted by Crippen LogP contribution is 2.28. The van der Waals surface area contributed by atoms with Crippen LogP contribution in [0.15, 0.2) is 18.2 Å². The summed E-state index contributed by atoms with van der Waals surface area (Å²) in [6.07, 6.45) is 5.74. The number of halogens is 2. The van der Waals surface area contributed by atoms with Crippen LogP contribution in [-0.4, -0.2) is 30.0 Å². The van der Waals surface area contributed by atoms with Crippen LogP contribution in [0.1, 0.15) is 37.7 Å². The first-order valence-corrected chi connectivity index (χ1v) is 8.35. The first-order chi connectivity index (χ1) is 10.6. The van der Waals surface area contributed by atoms with Crippen molar-refractivity contribution in [1.82, 2.24) is 4.90 Å². The Labute approximate surface area is 135 Å². The lowest BCUT2D eigenvalue weighted by Crippen LogP contribution is -2.56. The van der Waals surface area contributed by atoms with Gasteiger partial charge in [-0.2, -0.15) is 0 Å². The summed E-state index contributed by atoms with van der Waals surface area (Å²) in [4.78, 5) is 14.2. The van der Waals surface area contributed by atoms with Gasteiger partial charge in [-0.3, -0.25) is 4.79 Å². The Hall–Kier alpha value is -1.13. The minimum Gasteiger partial charge on any atom is -0.370 e. The number of amides is 1. The van der Waals surface area contributed by atoms with E-state index < -0.39 is 0 Å². The van der Waals surface area contributed by atoms with Crippen LogP contribution >= 0.6 is 11.6 Å². The van der Waals surface area contributed by atoms with E-state index in [-0.39, 0.29) is 17.8 Å². The number of ether oxygens (including phenoxy) is 1. The average molecular weight is 326 g/mol. The van der Waals surface area contributed by atoms with Crippen LogP contribution in [0.5, 0.6) is 0 Å². The van der Waals surface area contributed by atoms with E-state index in [0.29, 0.717) is 30.6 Å². The first-order valence-electron chi connectivity index (χ1n) is 7.98. The minimum absolute atomic E-state index is 0.0636.